The zero-order valence-corrected chi connectivity index (χ0v) is 14.0. The molecule has 122 valence electrons. The minimum atomic E-state index is -0.246. The number of aliphatic hydroxyl groups is 1. The van der Waals surface area contributed by atoms with Crippen LogP contribution in [0.15, 0.2) is 24.3 Å². The monoisotopic (exact) mass is 323 g/mol. The molecule has 0 aromatic heterocycles. The number of halogens is 1. The molecule has 22 heavy (non-hydrogen) atoms. The molecule has 0 spiro atoms. The van der Waals surface area contributed by atoms with Crippen LogP contribution in [-0.2, 0) is 6.54 Å². The molecular formula is C17H26ClN3O. The van der Waals surface area contributed by atoms with Crippen LogP contribution in [0.4, 0.5) is 0 Å². The zero-order chi connectivity index (χ0) is 15.5. The summed E-state index contributed by atoms with van der Waals surface area (Å²) in [5.74, 6) is 0. The van der Waals surface area contributed by atoms with Crippen molar-refractivity contribution in [2.24, 2.45) is 0 Å². The Labute approximate surface area is 138 Å². The Hall–Kier alpha value is -0.650. The van der Waals surface area contributed by atoms with E-state index in [9.17, 15) is 5.11 Å². The fraction of sp³-hybridized carbons (Fsp3) is 0.647. The highest BCUT2D eigenvalue weighted by Crippen LogP contribution is 2.20. The van der Waals surface area contributed by atoms with Gasteiger partial charge in [-0.1, -0.05) is 23.7 Å². The van der Waals surface area contributed by atoms with Crippen molar-refractivity contribution in [3.8, 4) is 0 Å². The van der Waals surface area contributed by atoms with Gasteiger partial charge in [0.2, 0.25) is 0 Å². The minimum Gasteiger partial charge on any atom is -0.390 e. The standard InChI is InChI=1S/C17H26ClN3O/c1-19-8-10-21(11-9-19)16-6-7-20(13-17(16)22)12-14-2-4-15(18)5-3-14/h2-5,16-17,22H,6-13H2,1H3/t16-,17-/m1/s1. The molecule has 2 atom stereocenters. The Morgan fingerprint density at radius 1 is 1.09 bits per heavy atom. The summed E-state index contributed by atoms with van der Waals surface area (Å²) in [4.78, 5) is 7.18. The van der Waals surface area contributed by atoms with E-state index in [0.717, 1.165) is 57.3 Å². The van der Waals surface area contributed by atoms with Gasteiger partial charge in [0.1, 0.15) is 0 Å². The first-order valence-electron chi connectivity index (χ1n) is 8.19. The van der Waals surface area contributed by atoms with Gasteiger partial charge in [-0.25, -0.2) is 0 Å². The highest BCUT2D eigenvalue weighted by Gasteiger charge is 2.33. The van der Waals surface area contributed by atoms with E-state index >= 15 is 0 Å². The Morgan fingerprint density at radius 2 is 1.77 bits per heavy atom. The first-order valence-corrected chi connectivity index (χ1v) is 8.57. The van der Waals surface area contributed by atoms with Gasteiger partial charge in [-0.2, -0.15) is 0 Å². The lowest BCUT2D eigenvalue weighted by molar-refractivity contribution is -0.0286. The Kier molecular flexibility index (Phi) is 5.37. The molecular weight excluding hydrogens is 298 g/mol. The first kappa shape index (κ1) is 16.2. The highest BCUT2D eigenvalue weighted by molar-refractivity contribution is 6.30. The average molecular weight is 324 g/mol. The number of hydrogen-bond acceptors (Lipinski definition) is 4. The summed E-state index contributed by atoms with van der Waals surface area (Å²) >= 11 is 5.93. The van der Waals surface area contributed by atoms with E-state index in [1.54, 1.807) is 0 Å². The second-order valence-corrected chi connectivity index (χ2v) is 7.06. The fourth-order valence-corrected chi connectivity index (χ4v) is 3.68. The van der Waals surface area contributed by atoms with Crippen LogP contribution in [0.2, 0.25) is 5.02 Å². The van der Waals surface area contributed by atoms with Crippen LogP contribution >= 0.6 is 11.6 Å². The van der Waals surface area contributed by atoms with E-state index in [1.807, 2.05) is 12.1 Å². The van der Waals surface area contributed by atoms with Crippen LogP contribution < -0.4 is 0 Å². The van der Waals surface area contributed by atoms with Crippen molar-refractivity contribution in [2.45, 2.75) is 25.1 Å². The average Bonchev–Trinajstić information content (AvgIpc) is 2.51. The number of piperidine rings is 1. The molecule has 1 aromatic carbocycles. The summed E-state index contributed by atoms with van der Waals surface area (Å²) < 4.78 is 0. The van der Waals surface area contributed by atoms with E-state index in [-0.39, 0.29) is 6.10 Å². The Balaban J connectivity index is 1.52. The molecule has 2 fully saturated rings. The van der Waals surface area contributed by atoms with Crippen LogP contribution in [0, 0.1) is 0 Å². The summed E-state index contributed by atoms with van der Waals surface area (Å²) in [5, 5.41) is 11.3. The second kappa shape index (κ2) is 7.28. The molecule has 0 bridgehead atoms. The van der Waals surface area contributed by atoms with Gasteiger partial charge < -0.3 is 10.0 Å². The topological polar surface area (TPSA) is 30.0 Å². The lowest BCUT2D eigenvalue weighted by Crippen LogP contribution is -2.58. The minimum absolute atomic E-state index is 0.246. The number of likely N-dealkylation sites (N-methyl/N-ethyl adjacent to an activating group) is 1. The smallest absolute Gasteiger partial charge is 0.0822 e. The van der Waals surface area contributed by atoms with Gasteiger partial charge in [0.25, 0.3) is 0 Å². The van der Waals surface area contributed by atoms with Gasteiger partial charge >= 0.3 is 0 Å². The van der Waals surface area contributed by atoms with Crippen LogP contribution in [-0.4, -0.2) is 78.3 Å². The normalized spacial score (nSPS) is 28.9. The Bertz CT molecular complexity index is 473. The third kappa shape index (κ3) is 4.00. The molecule has 4 nitrogen and oxygen atoms in total. The fourth-order valence-electron chi connectivity index (χ4n) is 3.56. The first-order chi connectivity index (χ1) is 10.6. The molecule has 2 saturated heterocycles. The van der Waals surface area contributed by atoms with Gasteiger partial charge in [-0.05, 0) is 31.2 Å². The van der Waals surface area contributed by atoms with Crippen molar-refractivity contribution in [3.05, 3.63) is 34.9 Å². The lowest BCUT2D eigenvalue weighted by atomic mass is 9.98. The third-order valence-corrected chi connectivity index (χ3v) is 5.21. The van der Waals surface area contributed by atoms with Crippen molar-refractivity contribution in [1.29, 1.82) is 0 Å². The van der Waals surface area contributed by atoms with Crippen molar-refractivity contribution in [3.63, 3.8) is 0 Å². The molecule has 0 aliphatic carbocycles. The van der Waals surface area contributed by atoms with Gasteiger partial charge in [0.05, 0.1) is 6.10 Å². The van der Waals surface area contributed by atoms with Crippen LogP contribution in [0.1, 0.15) is 12.0 Å². The van der Waals surface area contributed by atoms with E-state index in [1.165, 1.54) is 5.56 Å². The third-order valence-electron chi connectivity index (χ3n) is 4.96. The quantitative estimate of drug-likeness (QED) is 0.913. The van der Waals surface area contributed by atoms with Crippen molar-refractivity contribution < 1.29 is 5.11 Å². The predicted octanol–water partition coefficient (Wildman–Crippen LogP) is 1.52. The lowest BCUT2D eigenvalue weighted by Gasteiger charge is -2.44. The Morgan fingerprint density at radius 3 is 2.41 bits per heavy atom. The van der Waals surface area contributed by atoms with Crippen molar-refractivity contribution in [2.75, 3.05) is 46.3 Å². The molecule has 1 aromatic rings. The molecule has 5 heteroatoms. The zero-order valence-electron chi connectivity index (χ0n) is 13.3. The van der Waals surface area contributed by atoms with Gasteiger partial charge in [-0.3, -0.25) is 9.80 Å². The van der Waals surface area contributed by atoms with E-state index in [2.05, 4.69) is 33.9 Å². The maximum absolute atomic E-state index is 10.6. The van der Waals surface area contributed by atoms with Gasteiger partial charge in [0, 0.05) is 56.9 Å². The van der Waals surface area contributed by atoms with Crippen LogP contribution in [0.3, 0.4) is 0 Å². The summed E-state index contributed by atoms with van der Waals surface area (Å²) in [6, 6.07) is 8.34. The molecule has 2 aliphatic heterocycles. The molecule has 0 amide bonds. The van der Waals surface area contributed by atoms with Crippen LogP contribution in [0.25, 0.3) is 0 Å². The molecule has 0 saturated carbocycles. The summed E-state index contributed by atoms with van der Waals surface area (Å²) in [6.07, 6.45) is 0.808. The number of likely N-dealkylation sites (tertiary alicyclic amines) is 1. The molecule has 3 rings (SSSR count). The number of aliphatic hydroxyl groups excluding tert-OH is 1. The van der Waals surface area contributed by atoms with E-state index in [4.69, 9.17) is 11.6 Å². The number of piperazine rings is 1. The van der Waals surface area contributed by atoms with Crippen molar-refractivity contribution >= 4 is 11.6 Å². The molecule has 2 heterocycles. The van der Waals surface area contributed by atoms with Gasteiger partial charge in [-0.15, -0.1) is 0 Å². The number of benzene rings is 1. The SMILES string of the molecule is CN1CCN([C@@H]2CCN(Cc3ccc(Cl)cc3)C[C@H]2O)CC1. The molecule has 0 unspecified atom stereocenters. The number of nitrogens with zero attached hydrogens (tertiary/aromatic N) is 3. The molecule has 1 N–H and O–H groups in total. The van der Waals surface area contributed by atoms with Gasteiger partial charge in [0.15, 0.2) is 0 Å². The highest BCUT2D eigenvalue weighted by atomic mass is 35.5. The number of rotatable bonds is 3. The van der Waals surface area contributed by atoms with Crippen LogP contribution in [0.5, 0.6) is 0 Å². The summed E-state index contributed by atoms with van der Waals surface area (Å²) in [5.41, 5.74) is 1.26. The van der Waals surface area contributed by atoms with E-state index in [0.29, 0.717) is 6.04 Å². The maximum atomic E-state index is 10.6. The number of β-amino-alcohol motifs (C(OH)–C–C–N with tert-alkyl or cyclic N) is 1. The predicted molar refractivity (Wildman–Crippen MR) is 90.2 cm³/mol. The summed E-state index contributed by atoms with van der Waals surface area (Å²) in [7, 11) is 2.17. The maximum Gasteiger partial charge on any atom is 0.0822 e. The summed E-state index contributed by atoms with van der Waals surface area (Å²) in [6.45, 7) is 7.08. The molecule has 2 aliphatic rings. The second-order valence-electron chi connectivity index (χ2n) is 6.62. The number of hydrogen-bond donors (Lipinski definition) is 1. The molecule has 0 radical (unpaired) electrons. The van der Waals surface area contributed by atoms with Crippen molar-refractivity contribution in [1.82, 2.24) is 14.7 Å². The van der Waals surface area contributed by atoms with E-state index < -0.39 is 0 Å². The largest absolute Gasteiger partial charge is 0.390 e.